The molecule has 1 saturated carbocycles. The molecule has 1 aliphatic rings. The van der Waals surface area contributed by atoms with E-state index in [1.165, 1.54) is 0 Å². The van der Waals surface area contributed by atoms with Gasteiger partial charge in [0.25, 0.3) is 0 Å². The first-order valence-electron chi connectivity index (χ1n) is 7.37. The van der Waals surface area contributed by atoms with Crippen molar-refractivity contribution in [1.29, 1.82) is 0 Å². The maximum Gasteiger partial charge on any atom is 0.308 e. The van der Waals surface area contributed by atoms with Crippen molar-refractivity contribution in [3.63, 3.8) is 0 Å². The minimum absolute atomic E-state index is 0.0349. The molecule has 0 heterocycles. The van der Waals surface area contributed by atoms with Crippen molar-refractivity contribution in [2.45, 2.75) is 52.9 Å². The molecule has 0 spiro atoms. The number of carboxylic acid groups (broad SMARTS) is 1. The molecule has 1 atom stereocenters. The molecule has 0 aliphatic heterocycles. The number of hydrogen-bond donors (Lipinski definition) is 3. The number of rotatable bonds is 7. The normalized spacial score (nSPS) is 19.0. The first kappa shape index (κ1) is 17.0. The smallest absolute Gasteiger partial charge is 0.308 e. The Hall–Kier alpha value is -1.10. The highest BCUT2D eigenvalue weighted by Gasteiger charge is 2.37. The molecular weight excluding hydrogens is 256 g/mol. The molecule has 0 bridgehead atoms. The molecule has 116 valence electrons. The number of aliphatic carboxylic acids is 1. The molecule has 1 aliphatic carbocycles. The minimum Gasteiger partial charge on any atom is -0.481 e. The second-order valence-electron chi connectivity index (χ2n) is 7.34. The van der Waals surface area contributed by atoms with Gasteiger partial charge in [-0.25, -0.2) is 0 Å². The van der Waals surface area contributed by atoms with Crippen LogP contribution in [0.15, 0.2) is 0 Å². The first-order chi connectivity index (χ1) is 9.17. The number of hydrogen-bond acceptors (Lipinski definition) is 3. The molecule has 5 nitrogen and oxygen atoms in total. The zero-order valence-corrected chi connectivity index (χ0v) is 12.9. The van der Waals surface area contributed by atoms with E-state index in [1.807, 2.05) is 20.8 Å². The third-order valence-electron chi connectivity index (χ3n) is 4.14. The largest absolute Gasteiger partial charge is 0.481 e. The molecule has 1 unspecified atom stereocenters. The Morgan fingerprint density at radius 2 is 1.95 bits per heavy atom. The highest BCUT2D eigenvalue weighted by Crippen LogP contribution is 2.42. The zero-order valence-electron chi connectivity index (χ0n) is 12.9. The average Bonchev–Trinajstić information content (AvgIpc) is 2.27. The van der Waals surface area contributed by atoms with Crippen molar-refractivity contribution >= 4 is 11.9 Å². The Bertz CT molecular complexity index is 351. The van der Waals surface area contributed by atoms with Gasteiger partial charge in [-0.3, -0.25) is 9.59 Å². The van der Waals surface area contributed by atoms with Gasteiger partial charge in [-0.2, -0.15) is 0 Å². The monoisotopic (exact) mass is 284 g/mol. The van der Waals surface area contributed by atoms with Crippen LogP contribution < -0.4 is 11.1 Å². The van der Waals surface area contributed by atoms with E-state index in [4.69, 9.17) is 5.73 Å². The topological polar surface area (TPSA) is 92.4 Å². The van der Waals surface area contributed by atoms with Gasteiger partial charge in [-0.05, 0) is 36.6 Å². The number of nitrogens with two attached hydrogens (primary N) is 1. The summed E-state index contributed by atoms with van der Waals surface area (Å²) in [6, 6.07) is 0. The summed E-state index contributed by atoms with van der Waals surface area (Å²) < 4.78 is 0. The van der Waals surface area contributed by atoms with E-state index in [-0.39, 0.29) is 23.3 Å². The van der Waals surface area contributed by atoms with E-state index in [0.29, 0.717) is 19.4 Å². The van der Waals surface area contributed by atoms with Gasteiger partial charge in [0.15, 0.2) is 0 Å². The molecule has 1 fully saturated rings. The average molecular weight is 284 g/mol. The molecular formula is C15H28N2O3. The lowest BCUT2D eigenvalue weighted by Gasteiger charge is -2.40. The summed E-state index contributed by atoms with van der Waals surface area (Å²) in [7, 11) is 0. The van der Waals surface area contributed by atoms with E-state index in [1.54, 1.807) is 0 Å². The Morgan fingerprint density at radius 1 is 1.35 bits per heavy atom. The Morgan fingerprint density at radius 3 is 2.30 bits per heavy atom. The van der Waals surface area contributed by atoms with Crippen molar-refractivity contribution in [3.05, 3.63) is 0 Å². The maximum atomic E-state index is 11.9. The second-order valence-corrected chi connectivity index (χ2v) is 7.34. The molecule has 0 aromatic heterocycles. The molecule has 1 amide bonds. The lowest BCUT2D eigenvalue weighted by atomic mass is 9.66. The zero-order chi connectivity index (χ0) is 15.4. The van der Waals surface area contributed by atoms with Crippen LogP contribution in [-0.2, 0) is 9.59 Å². The predicted molar refractivity (Wildman–Crippen MR) is 78.2 cm³/mol. The lowest BCUT2D eigenvalue weighted by molar-refractivity contribution is -0.142. The van der Waals surface area contributed by atoms with Gasteiger partial charge in [0, 0.05) is 13.0 Å². The highest BCUT2D eigenvalue weighted by atomic mass is 16.4. The SMILES string of the molecule is CC(C)(C)CC(CNC(=O)CC1(CN)CCC1)C(=O)O. The van der Waals surface area contributed by atoms with Crippen LogP contribution in [0.5, 0.6) is 0 Å². The van der Waals surface area contributed by atoms with Crippen LogP contribution in [0, 0.1) is 16.7 Å². The van der Waals surface area contributed by atoms with Gasteiger partial charge < -0.3 is 16.2 Å². The van der Waals surface area contributed by atoms with Gasteiger partial charge >= 0.3 is 5.97 Å². The number of carbonyl (C=O) groups is 2. The quantitative estimate of drug-likeness (QED) is 0.664. The van der Waals surface area contributed by atoms with Crippen LogP contribution in [0.4, 0.5) is 0 Å². The van der Waals surface area contributed by atoms with Gasteiger partial charge in [-0.15, -0.1) is 0 Å². The first-order valence-corrected chi connectivity index (χ1v) is 7.37. The van der Waals surface area contributed by atoms with E-state index in [9.17, 15) is 14.7 Å². The van der Waals surface area contributed by atoms with Crippen molar-refractivity contribution in [1.82, 2.24) is 5.32 Å². The summed E-state index contributed by atoms with van der Waals surface area (Å²) in [6.07, 6.45) is 4.10. The third kappa shape index (κ3) is 5.12. The van der Waals surface area contributed by atoms with Crippen LogP contribution in [-0.4, -0.2) is 30.1 Å². The van der Waals surface area contributed by atoms with Crippen LogP contribution in [0.3, 0.4) is 0 Å². The summed E-state index contributed by atoms with van der Waals surface area (Å²) in [5.41, 5.74) is 5.63. The van der Waals surface area contributed by atoms with Crippen LogP contribution in [0.25, 0.3) is 0 Å². The maximum absolute atomic E-state index is 11.9. The van der Waals surface area contributed by atoms with E-state index >= 15 is 0 Å². The van der Waals surface area contributed by atoms with Crippen molar-refractivity contribution < 1.29 is 14.7 Å². The minimum atomic E-state index is -0.850. The molecule has 5 heteroatoms. The summed E-state index contributed by atoms with van der Waals surface area (Å²) in [4.78, 5) is 23.2. The number of amides is 1. The molecule has 20 heavy (non-hydrogen) atoms. The van der Waals surface area contributed by atoms with Crippen molar-refractivity contribution in [2.75, 3.05) is 13.1 Å². The Kier molecular flexibility index (Phi) is 5.57. The van der Waals surface area contributed by atoms with E-state index < -0.39 is 11.9 Å². The number of carboxylic acids is 1. The Labute approximate surface area is 121 Å². The fourth-order valence-corrected chi connectivity index (χ4v) is 2.76. The second kappa shape index (κ2) is 6.57. The molecule has 1 rings (SSSR count). The fourth-order valence-electron chi connectivity index (χ4n) is 2.76. The highest BCUT2D eigenvalue weighted by molar-refractivity contribution is 5.78. The standard InChI is InChI=1S/C15H28N2O3/c1-14(2,3)7-11(13(19)20)9-17-12(18)8-15(10-16)5-4-6-15/h11H,4-10,16H2,1-3H3,(H,17,18)(H,19,20). The van der Waals surface area contributed by atoms with E-state index in [0.717, 1.165) is 19.3 Å². The van der Waals surface area contributed by atoms with Crippen LogP contribution >= 0.6 is 0 Å². The summed E-state index contributed by atoms with van der Waals surface area (Å²) in [5.74, 6) is -1.46. The molecule has 0 radical (unpaired) electrons. The van der Waals surface area contributed by atoms with Gasteiger partial charge in [0.2, 0.25) is 5.91 Å². The summed E-state index contributed by atoms with van der Waals surface area (Å²) in [6.45, 7) is 6.74. The van der Waals surface area contributed by atoms with Crippen LogP contribution in [0.2, 0.25) is 0 Å². The third-order valence-corrected chi connectivity index (χ3v) is 4.14. The molecule has 0 aromatic rings. The number of carbonyl (C=O) groups excluding carboxylic acids is 1. The van der Waals surface area contributed by atoms with Gasteiger partial charge in [0.1, 0.15) is 0 Å². The number of nitrogens with one attached hydrogen (secondary N) is 1. The fraction of sp³-hybridized carbons (Fsp3) is 0.867. The summed E-state index contributed by atoms with van der Waals surface area (Å²) >= 11 is 0. The lowest BCUT2D eigenvalue weighted by Crippen LogP contribution is -2.43. The van der Waals surface area contributed by atoms with Gasteiger partial charge in [-0.1, -0.05) is 27.2 Å². The van der Waals surface area contributed by atoms with E-state index in [2.05, 4.69) is 5.32 Å². The Balaban J connectivity index is 2.43. The predicted octanol–water partition coefficient (Wildman–Crippen LogP) is 1.76. The summed E-state index contributed by atoms with van der Waals surface area (Å²) in [5, 5.41) is 12.0. The van der Waals surface area contributed by atoms with Crippen molar-refractivity contribution in [2.24, 2.45) is 22.5 Å². The van der Waals surface area contributed by atoms with Gasteiger partial charge in [0.05, 0.1) is 5.92 Å². The van der Waals surface area contributed by atoms with Crippen molar-refractivity contribution in [3.8, 4) is 0 Å². The van der Waals surface area contributed by atoms with Crippen LogP contribution in [0.1, 0.15) is 52.9 Å². The molecule has 4 N–H and O–H groups in total. The molecule has 0 aromatic carbocycles. The molecule has 0 saturated heterocycles.